The molecular weight excluding hydrogens is 212 g/mol. The molecule has 1 atom stereocenters. The van der Waals surface area contributed by atoms with Crippen molar-refractivity contribution < 1.29 is 4.79 Å². The van der Waals surface area contributed by atoms with E-state index in [9.17, 15) is 4.79 Å². The molecule has 0 spiro atoms. The fourth-order valence-electron chi connectivity index (χ4n) is 1.91. The van der Waals surface area contributed by atoms with Crippen molar-refractivity contribution in [1.82, 2.24) is 4.90 Å². The van der Waals surface area contributed by atoms with Crippen LogP contribution in [0.2, 0.25) is 0 Å². The van der Waals surface area contributed by atoms with Crippen molar-refractivity contribution in [3.63, 3.8) is 0 Å². The minimum Gasteiger partial charge on any atom is -0.343 e. The summed E-state index contributed by atoms with van der Waals surface area (Å²) in [7, 11) is 1.89. The van der Waals surface area contributed by atoms with Gasteiger partial charge < -0.3 is 10.6 Å². The number of hydrogen-bond donors (Lipinski definition) is 1. The van der Waals surface area contributed by atoms with Crippen molar-refractivity contribution in [2.75, 3.05) is 13.6 Å². The topological polar surface area (TPSA) is 46.3 Å². The molecule has 0 aromatic rings. The Morgan fingerprint density at radius 3 is 2.35 bits per heavy atom. The SMILES string of the molecule is CCCCCCCCC(=O)N(C)C(C)CCN. The maximum absolute atomic E-state index is 11.8. The van der Waals surface area contributed by atoms with Crippen LogP contribution in [-0.2, 0) is 4.79 Å². The third-order valence-electron chi connectivity index (χ3n) is 3.38. The molecule has 0 saturated heterocycles. The van der Waals surface area contributed by atoms with Gasteiger partial charge in [0, 0.05) is 19.5 Å². The molecule has 3 heteroatoms. The lowest BCUT2D eigenvalue weighted by atomic mass is 10.1. The molecule has 0 radical (unpaired) electrons. The highest BCUT2D eigenvalue weighted by Crippen LogP contribution is 2.09. The normalized spacial score (nSPS) is 12.5. The van der Waals surface area contributed by atoms with E-state index in [2.05, 4.69) is 13.8 Å². The lowest BCUT2D eigenvalue weighted by Gasteiger charge is -2.24. The van der Waals surface area contributed by atoms with Crippen LogP contribution in [0.3, 0.4) is 0 Å². The molecule has 0 saturated carbocycles. The van der Waals surface area contributed by atoms with Gasteiger partial charge in [-0.15, -0.1) is 0 Å². The number of nitrogens with zero attached hydrogens (tertiary/aromatic N) is 1. The van der Waals surface area contributed by atoms with E-state index in [1.54, 1.807) is 0 Å². The highest BCUT2D eigenvalue weighted by atomic mass is 16.2. The quantitative estimate of drug-likeness (QED) is 0.599. The van der Waals surface area contributed by atoms with Crippen molar-refractivity contribution in [2.24, 2.45) is 5.73 Å². The number of unbranched alkanes of at least 4 members (excludes halogenated alkanes) is 5. The average Bonchev–Trinajstić information content (AvgIpc) is 2.32. The summed E-state index contributed by atoms with van der Waals surface area (Å²) >= 11 is 0. The van der Waals surface area contributed by atoms with Gasteiger partial charge in [-0.25, -0.2) is 0 Å². The minimum absolute atomic E-state index is 0.265. The van der Waals surface area contributed by atoms with Gasteiger partial charge in [-0.05, 0) is 26.3 Å². The van der Waals surface area contributed by atoms with Crippen LogP contribution in [0.4, 0.5) is 0 Å². The van der Waals surface area contributed by atoms with Gasteiger partial charge >= 0.3 is 0 Å². The van der Waals surface area contributed by atoms with Crippen LogP contribution in [0, 0.1) is 0 Å². The summed E-state index contributed by atoms with van der Waals surface area (Å²) in [5, 5.41) is 0. The van der Waals surface area contributed by atoms with Crippen molar-refractivity contribution in [3.8, 4) is 0 Å². The molecule has 0 aliphatic rings. The largest absolute Gasteiger partial charge is 0.343 e. The number of amides is 1. The van der Waals surface area contributed by atoms with E-state index in [1.165, 1.54) is 32.1 Å². The van der Waals surface area contributed by atoms with Gasteiger partial charge in [-0.1, -0.05) is 39.0 Å². The summed E-state index contributed by atoms with van der Waals surface area (Å²) in [6.07, 6.45) is 8.97. The Morgan fingerprint density at radius 1 is 1.18 bits per heavy atom. The molecule has 0 fully saturated rings. The second kappa shape index (κ2) is 10.6. The molecule has 17 heavy (non-hydrogen) atoms. The smallest absolute Gasteiger partial charge is 0.222 e. The van der Waals surface area contributed by atoms with Gasteiger partial charge in [0.05, 0.1) is 0 Å². The summed E-state index contributed by atoms with van der Waals surface area (Å²) in [5.41, 5.74) is 5.50. The molecule has 0 aromatic carbocycles. The summed E-state index contributed by atoms with van der Waals surface area (Å²) < 4.78 is 0. The lowest BCUT2D eigenvalue weighted by Crippen LogP contribution is -2.36. The molecule has 102 valence electrons. The van der Waals surface area contributed by atoms with Crippen molar-refractivity contribution in [2.45, 2.75) is 71.3 Å². The molecule has 0 aliphatic heterocycles. The van der Waals surface area contributed by atoms with Crippen LogP contribution in [0.1, 0.15) is 65.2 Å². The van der Waals surface area contributed by atoms with E-state index in [0.29, 0.717) is 13.0 Å². The molecule has 0 heterocycles. The van der Waals surface area contributed by atoms with Gasteiger partial charge in [0.15, 0.2) is 0 Å². The molecular formula is C14H30N2O. The summed E-state index contributed by atoms with van der Waals surface area (Å²) in [6, 6.07) is 0.271. The Bertz CT molecular complexity index is 195. The van der Waals surface area contributed by atoms with Crippen LogP contribution in [0.25, 0.3) is 0 Å². The highest BCUT2D eigenvalue weighted by Gasteiger charge is 2.13. The second-order valence-corrected chi connectivity index (χ2v) is 4.95. The van der Waals surface area contributed by atoms with Gasteiger partial charge in [-0.2, -0.15) is 0 Å². The van der Waals surface area contributed by atoms with E-state index in [4.69, 9.17) is 5.73 Å². The number of nitrogens with two attached hydrogens (primary N) is 1. The van der Waals surface area contributed by atoms with Gasteiger partial charge in [-0.3, -0.25) is 4.79 Å². The molecule has 1 unspecified atom stereocenters. The number of carbonyl (C=O) groups is 1. The first-order chi connectivity index (χ1) is 8.13. The Hall–Kier alpha value is -0.570. The predicted molar refractivity (Wildman–Crippen MR) is 73.9 cm³/mol. The van der Waals surface area contributed by atoms with Crippen LogP contribution in [-0.4, -0.2) is 30.4 Å². The third kappa shape index (κ3) is 8.19. The van der Waals surface area contributed by atoms with Crippen LogP contribution >= 0.6 is 0 Å². The summed E-state index contributed by atoms with van der Waals surface area (Å²) in [5.74, 6) is 0.265. The van der Waals surface area contributed by atoms with E-state index in [1.807, 2.05) is 11.9 Å². The Labute approximate surface area is 107 Å². The molecule has 0 rings (SSSR count). The molecule has 0 aliphatic carbocycles. The number of rotatable bonds is 10. The molecule has 0 bridgehead atoms. The molecule has 0 aromatic heterocycles. The summed E-state index contributed by atoms with van der Waals surface area (Å²) in [6.45, 7) is 4.93. The standard InChI is InChI=1S/C14H30N2O/c1-4-5-6-7-8-9-10-14(17)16(3)13(2)11-12-15/h13H,4-12,15H2,1-3H3. The summed E-state index contributed by atoms with van der Waals surface area (Å²) in [4.78, 5) is 13.7. The zero-order valence-corrected chi connectivity index (χ0v) is 11.9. The fraction of sp³-hybridized carbons (Fsp3) is 0.929. The Balaban J connectivity index is 3.57. The van der Waals surface area contributed by atoms with E-state index < -0.39 is 0 Å². The zero-order valence-electron chi connectivity index (χ0n) is 11.9. The van der Waals surface area contributed by atoms with Gasteiger partial charge in [0.2, 0.25) is 5.91 Å². The fourth-order valence-corrected chi connectivity index (χ4v) is 1.91. The van der Waals surface area contributed by atoms with Crippen molar-refractivity contribution in [3.05, 3.63) is 0 Å². The number of carbonyl (C=O) groups excluding carboxylic acids is 1. The van der Waals surface area contributed by atoms with Crippen LogP contribution in [0.5, 0.6) is 0 Å². The first-order valence-electron chi connectivity index (χ1n) is 7.09. The monoisotopic (exact) mass is 242 g/mol. The first kappa shape index (κ1) is 16.4. The van der Waals surface area contributed by atoms with Crippen molar-refractivity contribution >= 4 is 5.91 Å². The minimum atomic E-state index is 0.265. The predicted octanol–water partition coefficient (Wildman–Crippen LogP) is 2.93. The number of hydrogen-bond acceptors (Lipinski definition) is 2. The maximum Gasteiger partial charge on any atom is 0.222 e. The second-order valence-electron chi connectivity index (χ2n) is 4.95. The van der Waals surface area contributed by atoms with Gasteiger partial charge in [0.25, 0.3) is 0 Å². The first-order valence-corrected chi connectivity index (χ1v) is 7.09. The lowest BCUT2D eigenvalue weighted by molar-refractivity contribution is -0.131. The Kier molecular flexibility index (Phi) is 10.2. The molecule has 1 amide bonds. The van der Waals surface area contributed by atoms with Gasteiger partial charge in [0.1, 0.15) is 0 Å². The van der Waals surface area contributed by atoms with E-state index >= 15 is 0 Å². The molecule has 2 N–H and O–H groups in total. The zero-order chi connectivity index (χ0) is 13.1. The van der Waals surface area contributed by atoms with E-state index in [-0.39, 0.29) is 11.9 Å². The average molecular weight is 242 g/mol. The van der Waals surface area contributed by atoms with E-state index in [0.717, 1.165) is 12.8 Å². The highest BCUT2D eigenvalue weighted by molar-refractivity contribution is 5.76. The molecule has 3 nitrogen and oxygen atoms in total. The maximum atomic E-state index is 11.8. The third-order valence-corrected chi connectivity index (χ3v) is 3.38. The Morgan fingerprint density at radius 2 is 1.76 bits per heavy atom. The van der Waals surface area contributed by atoms with Crippen molar-refractivity contribution in [1.29, 1.82) is 0 Å². The van der Waals surface area contributed by atoms with Crippen LogP contribution < -0.4 is 5.73 Å². The van der Waals surface area contributed by atoms with Crippen LogP contribution in [0.15, 0.2) is 0 Å².